The van der Waals surface area contributed by atoms with Gasteiger partial charge < -0.3 is 10.5 Å². The first kappa shape index (κ1) is 10.3. The molecule has 1 rings (SSSR count). The van der Waals surface area contributed by atoms with Crippen LogP contribution in [0.3, 0.4) is 0 Å². The van der Waals surface area contributed by atoms with E-state index in [2.05, 4.69) is 5.92 Å². The first-order valence-corrected chi connectivity index (χ1v) is 3.96. The Morgan fingerprint density at radius 1 is 1.36 bits per heavy atom. The molecule has 4 heteroatoms. The van der Waals surface area contributed by atoms with Crippen molar-refractivity contribution in [2.24, 2.45) is 0 Å². The van der Waals surface area contributed by atoms with Crippen molar-refractivity contribution in [1.29, 1.82) is 0 Å². The predicted molar refractivity (Wildman–Crippen MR) is 49.7 cm³/mol. The molecule has 0 amide bonds. The third kappa shape index (κ3) is 2.36. The first-order chi connectivity index (χ1) is 6.65. The maximum absolute atomic E-state index is 13.0. The van der Waals surface area contributed by atoms with Gasteiger partial charge in [0.1, 0.15) is 5.82 Å². The summed E-state index contributed by atoms with van der Waals surface area (Å²) < 4.78 is 30.6. The molecule has 2 N–H and O–H groups in total. The zero-order chi connectivity index (χ0) is 10.6. The Morgan fingerprint density at radius 3 is 2.71 bits per heavy atom. The molecule has 0 aliphatic carbocycles. The van der Waals surface area contributed by atoms with Gasteiger partial charge in [-0.2, -0.15) is 0 Å². The Bertz CT molecular complexity index is 371. The summed E-state index contributed by atoms with van der Waals surface area (Å²) in [5.74, 6) is 0.664. The maximum Gasteiger partial charge on any atom is 0.168 e. The van der Waals surface area contributed by atoms with Gasteiger partial charge in [0.2, 0.25) is 0 Å². The van der Waals surface area contributed by atoms with Crippen LogP contribution in [-0.4, -0.2) is 6.61 Å². The smallest absolute Gasteiger partial charge is 0.168 e. The van der Waals surface area contributed by atoms with E-state index in [1.54, 1.807) is 0 Å². The number of hydrogen-bond donors (Lipinski definition) is 1. The molecule has 0 fully saturated rings. The first-order valence-electron chi connectivity index (χ1n) is 3.96. The van der Waals surface area contributed by atoms with Crippen molar-refractivity contribution >= 4 is 5.69 Å². The largest absolute Gasteiger partial charge is 0.489 e. The molecule has 14 heavy (non-hydrogen) atoms. The van der Waals surface area contributed by atoms with Gasteiger partial charge >= 0.3 is 0 Å². The molecule has 0 atom stereocenters. The molecule has 0 aromatic heterocycles. The quantitative estimate of drug-likeness (QED) is 0.456. The molecular formula is C10H9F2NO. The number of nitrogen functional groups attached to an aromatic ring is 1. The second kappa shape index (κ2) is 4.47. The molecule has 0 heterocycles. The van der Waals surface area contributed by atoms with Gasteiger partial charge in [0.05, 0.1) is 12.3 Å². The van der Waals surface area contributed by atoms with E-state index in [0.29, 0.717) is 12.5 Å². The van der Waals surface area contributed by atoms with Gasteiger partial charge in [-0.3, -0.25) is 0 Å². The monoisotopic (exact) mass is 197 g/mol. The minimum absolute atomic E-state index is 0.0841. The molecule has 74 valence electrons. The van der Waals surface area contributed by atoms with E-state index in [1.165, 1.54) is 0 Å². The van der Waals surface area contributed by atoms with Crippen molar-refractivity contribution in [2.45, 2.75) is 6.42 Å². The summed E-state index contributed by atoms with van der Waals surface area (Å²) in [7, 11) is 0. The molecule has 0 saturated heterocycles. The van der Waals surface area contributed by atoms with Gasteiger partial charge in [-0.1, -0.05) is 0 Å². The van der Waals surface area contributed by atoms with Gasteiger partial charge in [-0.15, -0.1) is 12.3 Å². The molecule has 1 aromatic carbocycles. The van der Waals surface area contributed by atoms with Crippen LogP contribution >= 0.6 is 0 Å². The predicted octanol–water partition coefficient (Wildman–Crippen LogP) is 1.95. The lowest BCUT2D eigenvalue weighted by molar-refractivity contribution is 0.309. The van der Waals surface area contributed by atoms with Crippen LogP contribution < -0.4 is 10.5 Å². The Labute approximate surface area is 80.7 Å². The zero-order valence-electron chi connectivity index (χ0n) is 7.39. The van der Waals surface area contributed by atoms with Crippen molar-refractivity contribution in [1.82, 2.24) is 0 Å². The highest BCUT2D eigenvalue weighted by Crippen LogP contribution is 2.23. The fourth-order valence-corrected chi connectivity index (χ4v) is 0.875. The van der Waals surface area contributed by atoms with Gasteiger partial charge in [0.25, 0.3) is 0 Å². The van der Waals surface area contributed by atoms with Crippen molar-refractivity contribution in [3.8, 4) is 18.1 Å². The Morgan fingerprint density at radius 2 is 2.07 bits per heavy atom. The van der Waals surface area contributed by atoms with Crippen LogP contribution in [0.1, 0.15) is 6.42 Å². The summed E-state index contributed by atoms with van der Waals surface area (Å²) >= 11 is 0. The lowest BCUT2D eigenvalue weighted by atomic mass is 10.3. The minimum atomic E-state index is -0.799. The lowest BCUT2D eigenvalue weighted by Crippen LogP contribution is -2.00. The van der Waals surface area contributed by atoms with Crippen LogP contribution in [0.15, 0.2) is 12.1 Å². The van der Waals surface area contributed by atoms with E-state index in [9.17, 15) is 8.78 Å². The topological polar surface area (TPSA) is 35.2 Å². The molecule has 0 radical (unpaired) electrons. The molecule has 2 nitrogen and oxygen atoms in total. The van der Waals surface area contributed by atoms with Crippen molar-refractivity contribution < 1.29 is 13.5 Å². The standard InChI is InChI=1S/C10H9F2NO/c1-2-3-4-14-10-6-9(13)7(11)5-8(10)12/h1,5-6H,3-4,13H2. The van der Waals surface area contributed by atoms with Crippen LogP contribution in [0.25, 0.3) is 0 Å². The number of ether oxygens (including phenoxy) is 1. The third-order valence-electron chi connectivity index (χ3n) is 1.56. The van der Waals surface area contributed by atoms with Crippen LogP contribution in [0, 0.1) is 24.0 Å². The normalized spacial score (nSPS) is 9.50. The van der Waals surface area contributed by atoms with E-state index >= 15 is 0 Å². The van der Waals surface area contributed by atoms with Crippen molar-refractivity contribution in [2.75, 3.05) is 12.3 Å². The third-order valence-corrected chi connectivity index (χ3v) is 1.56. The Kier molecular flexibility index (Phi) is 3.29. The van der Waals surface area contributed by atoms with Crippen LogP contribution in [0.5, 0.6) is 5.75 Å². The molecule has 0 aliphatic heterocycles. The number of anilines is 1. The lowest BCUT2D eigenvalue weighted by Gasteiger charge is -2.06. The Hall–Kier alpha value is -1.76. The molecule has 0 spiro atoms. The average molecular weight is 197 g/mol. The fraction of sp³-hybridized carbons (Fsp3) is 0.200. The van der Waals surface area contributed by atoms with Crippen LogP contribution in [0.4, 0.5) is 14.5 Å². The maximum atomic E-state index is 13.0. The average Bonchev–Trinajstić information content (AvgIpc) is 2.14. The number of hydrogen-bond acceptors (Lipinski definition) is 2. The van der Waals surface area contributed by atoms with E-state index in [0.717, 1.165) is 6.07 Å². The molecular weight excluding hydrogens is 188 g/mol. The van der Waals surface area contributed by atoms with E-state index < -0.39 is 11.6 Å². The van der Waals surface area contributed by atoms with Gasteiger partial charge in [0.15, 0.2) is 11.6 Å². The number of rotatable bonds is 3. The van der Waals surface area contributed by atoms with E-state index in [1.807, 2.05) is 0 Å². The zero-order valence-corrected chi connectivity index (χ0v) is 7.39. The second-order valence-electron chi connectivity index (χ2n) is 2.61. The van der Waals surface area contributed by atoms with Gasteiger partial charge in [0, 0.05) is 18.6 Å². The number of terminal acetylenes is 1. The molecule has 1 aromatic rings. The van der Waals surface area contributed by atoms with Gasteiger partial charge in [-0.25, -0.2) is 8.78 Å². The SMILES string of the molecule is C#CCCOc1cc(N)c(F)cc1F. The van der Waals surface area contributed by atoms with Crippen molar-refractivity contribution in [3.05, 3.63) is 23.8 Å². The summed E-state index contributed by atoms with van der Waals surface area (Å²) in [5.41, 5.74) is 5.08. The molecule has 0 saturated carbocycles. The van der Waals surface area contributed by atoms with E-state index in [4.69, 9.17) is 16.9 Å². The Balaban J connectivity index is 2.78. The fourth-order valence-electron chi connectivity index (χ4n) is 0.875. The number of nitrogens with two attached hydrogens (primary N) is 1. The molecule has 0 unspecified atom stereocenters. The molecule has 0 aliphatic rings. The van der Waals surface area contributed by atoms with E-state index in [-0.39, 0.29) is 18.0 Å². The highest BCUT2D eigenvalue weighted by molar-refractivity contribution is 5.46. The summed E-state index contributed by atoms with van der Waals surface area (Å²) in [6, 6.07) is 1.78. The van der Waals surface area contributed by atoms with Gasteiger partial charge in [-0.05, 0) is 0 Å². The number of benzene rings is 1. The number of halogens is 2. The summed E-state index contributed by atoms with van der Waals surface area (Å²) in [5, 5.41) is 0. The highest BCUT2D eigenvalue weighted by Gasteiger charge is 2.08. The van der Waals surface area contributed by atoms with Crippen LogP contribution in [0.2, 0.25) is 0 Å². The second-order valence-corrected chi connectivity index (χ2v) is 2.61. The molecule has 0 bridgehead atoms. The summed E-state index contributed by atoms with van der Waals surface area (Å²) in [6.45, 7) is 0.179. The van der Waals surface area contributed by atoms with Crippen LogP contribution in [-0.2, 0) is 0 Å². The summed E-state index contributed by atoms with van der Waals surface area (Å²) in [6.07, 6.45) is 5.33. The minimum Gasteiger partial charge on any atom is -0.489 e. The van der Waals surface area contributed by atoms with Crippen molar-refractivity contribution in [3.63, 3.8) is 0 Å². The summed E-state index contributed by atoms with van der Waals surface area (Å²) in [4.78, 5) is 0. The highest BCUT2D eigenvalue weighted by atomic mass is 19.1.